The van der Waals surface area contributed by atoms with Gasteiger partial charge in [-0.15, -0.1) is 17.5 Å². The molecule has 0 bridgehead atoms. The monoisotopic (exact) mass is 1450 g/mol. The fourth-order valence-electron chi connectivity index (χ4n) is 14.4. The summed E-state index contributed by atoms with van der Waals surface area (Å²) in [5, 5.41) is 12.6. The molecule has 16 aromatic rings. The van der Waals surface area contributed by atoms with E-state index in [1.807, 2.05) is 22.9 Å². The topological polar surface area (TPSA) is 48.8 Å². The van der Waals surface area contributed by atoms with E-state index in [0.717, 1.165) is 66.6 Å². The summed E-state index contributed by atoms with van der Waals surface area (Å²) >= 11 is 0. The van der Waals surface area contributed by atoms with Gasteiger partial charge in [-0.25, -0.2) is 4.98 Å². The molecule has 9 heteroatoms. The van der Waals surface area contributed by atoms with Crippen LogP contribution in [-0.2, 0) is 26.5 Å². The number of hydrogen-bond acceptors (Lipinski definition) is 3. The Hall–Kier alpha value is -10.9. The largest absolute Gasteiger partial charge is 0.522 e. The second-order valence-electron chi connectivity index (χ2n) is 25.3. The number of imidazole rings is 1. The first-order valence-corrected chi connectivity index (χ1v) is 36.4. The Balaban J connectivity index is 0.00000756. The number of rotatable bonds is 15. The molecule has 0 saturated carbocycles. The minimum absolute atomic E-state index is 0. The van der Waals surface area contributed by atoms with Gasteiger partial charge in [0.25, 0.3) is 6.33 Å². The predicted molar refractivity (Wildman–Crippen MR) is 395 cm³/mol. The number of hydrogen-bond donors (Lipinski definition) is 0. The normalized spacial score (nSPS) is 11.8. The third-order valence-electron chi connectivity index (χ3n) is 18.8. The van der Waals surface area contributed by atoms with Crippen LogP contribution in [0.3, 0.4) is 0 Å². The Kier molecular flexibility index (Phi) is 16.5. The first kappa shape index (κ1) is 61.3. The van der Waals surface area contributed by atoms with Crippen LogP contribution < -0.4 is 50.8 Å². The van der Waals surface area contributed by atoms with Crippen LogP contribution in [0.4, 0.5) is 0 Å². The van der Waals surface area contributed by atoms with Crippen molar-refractivity contribution in [1.82, 2.24) is 19.1 Å². The van der Waals surface area contributed by atoms with Gasteiger partial charge in [-0.3, -0.25) is 14.1 Å². The molecule has 0 atom stereocenters. The molecule has 4 heterocycles. The van der Waals surface area contributed by atoms with Crippen molar-refractivity contribution in [2.75, 3.05) is 0 Å². The molecule has 6 nitrogen and oxygen atoms in total. The molecular formula is C87H65N5OPtSi2-2. The van der Waals surface area contributed by atoms with E-state index in [1.165, 1.54) is 47.1 Å². The van der Waals surface area contributed by atoms with Gasteiger partial charge in [0.05, 0.1) is 22.5 Å². The van der Waals surface area contributed by atoms with Crippen molar-refractivity contribution < 1.29 is 30.4 Å². The molecule has 96 heavy (non-hydrogen) atoms. The van der Waals surface area contributed by atoms with Gasteiger partial charge in [0.2, 0.25) is 0 Å². The number of benzene rings is 12. The Bertz CT molecular complexity index is 5070. The van der Waals surface area contributed by atoms with E-state index in [-0.39, 0.29) is 26.5 Å². The van der Waals surface area contributed by atoms with Crippen LogP contribution in [0.1, 0.15) is 26.3 Å². The first-order chi connectivity index (χ1) is 46.7. The van der Waals surface area contributed by atoms with E-state index in [1.54, 1.807) is 6.20 Å². The third kappa shape index (κ3) is 10.8. The van der Waals surface area contributed by atoms with Crippen LogP contribution in [0.5, 0.6) is 11.5 Å². The van der Waals surface area contributed by atoms with Gasteiger partial charge in [0, 0.05) is 38.5 Å². The Morgan fingerprint density at radius 3 is 1.33 bits per heavy atom. The molecule has 4 aromatic heterocycles. The number of aromatic nitrogens is 5. The van der Waals surface area contributed by atoms with Crippen molar-refractivity contribution in [3.63, 3.8) is 0 Å². The molecule has 0 spiro atoms. The summed E-state index contributed by atoms with van der Waals surface area (Å²) in [5.41, 5.74) is 10.1. The van der Waals surface area contributed by atoms with E-state index in [2.05, 4.69) is 364 Å². The van der Waals surface area contributed by atoms with Gasteiger partial charge in [-0.2, -0.15) is 18.2 Å². The van der Waals surface area contributed by atoms with E-state index in [9.17, 15) is 0 Å². The molecule has 0 N–H and O–H groups in total. The standard InChI is InChI=1S/C87H65N5OSi2.Pt/c1-87(2,3)65-53-55-89-85(59-65)92-80-48-23-22-45-78(80)79-52-51-66(60-83(79)92)93-67-54-56-88-84(61-67)90-62-91(82-50-25-24-49-81(82)90)86-76(63-29-26-43-74(57-63)94(68-31-10-4-11-32-68,69-33-12-5-13-34-69)70-35-14-6-15-36-70)46-28-47-77(86)64-30-27-44-75(58-64)95(71-37-16-7-17-38-71,72-39-18-8-19-40-72)73-41-20-9-21-42-73;/h4-59H,1-3H3;/q-2;. The fraction of sp³-hybridized carbons (Fsp3) is 0.0460. The zero-order chi connectivity index (χ0) is 63.9. The second-order valence-corrected chi connectivity index (χ2v) is 32.9. The summed E-state index contributed by atoms with van der Waals surface area (Å²) in [7, 11) is -5.95. The van der Waals surface area contributed by atoms with Crippen LogP contribution >= 0.6 is 0 Å². The Morgan fingerprint density at radius 1 is 0.385 bits per heavy atom. The molecule has 0 aliphatic heterocycles. The maximum absolute atomic E-state index is 6.83. The molecule has 12 aromatic carbocycles. The summed E-state index contributed by atoms with van der Waals surface area (Å²) in [6.45, 7) is 6.68. The third-order valence-corrected chi connectivity index (χ3v) is 28.3. The van der Waals surface area contributed by atoms with Crippen molar-refractivity contribution in [2.24, 2.45) is 0 Å². The van der Waals surface area contributed by atoms with Crippen LogP contribution in [0.15, 0.2) is 340 Å². The summed E-state index contributed by atoms with van der Waals surface area (Å²) in [5.74, 6) is 2.37. The van der Waals surface area contributed by atoms with E-state index < -0.39 is 16.1 Å². The molecule has 0 aliphatic carbocycles. The van der Waals surface area contributed by atoms with Crippen molar-refractivity contribution in [1.29, 1.82) is 0 Å². The van der Waals surface area contributed by atoms with Crippen molar-refractivity contribution in [3.05, 3.63) is 364 Å². The van der Waals surface area contributed by atoms with Crippen LogP contribution in [0.2, 0.25) is 0 Å². The van der Waals surface area contributed by atoms with Crippen LogP contribution in [0.25, 0.3) is 72.4 Å². The minimum Gasteiger partial charge on any atom is -0.522 e. The average molecular weight is 1450 g/mol. The molecule has 0 aliphatic rings. The van der Waals surface area contributed by atoms with Gasteiger partial charge >= 0.3 is 0 Å². The number of para-hydroxylation sites is 4. The summed E-state index contributed by atoms with van der Waals surface area (Å²) in [6, 6.07) is 127. The Labute approximate surface area is 577 Å². The van der Waals surface area contributed by atoms with E-state index in [0.29, 0.717) is 17.3 Å². The molecule has 0 unspecified atom stereocenters. The van der Waals surface area contributed by atoms with E-state index >= 15 is 0 Å². The van der Waals surface area contributed by atoms with Gasteiger partial charge < -0.3 is 9.30 Å². The fourth-order valence-corrected chi connectivity index (χ4v) is 24.0. The number of fused-ring (bicyclic) bond motifs is 4. The first-order valence-electron chi connectivity index (χ1n) is 32.4. The van der Waals surface area contributed by atoms with Gasteiger partial charge in [-0.1, -0.05) is 324 Å². The molecule has 0 fully saturated rings. The quantitative estimate of drug-likeness (QED) is 0.0445. The maximum Gasteiger partial charge on any atom is 0.269 e. The van der Waals surface area contributed by atoms with Gasteiger partial charge in [0.1, 0.15) is 5.82 Å². The summed E-state index contributed by atoms with van der Waals surface area (Å²) in [4.78, 5) is 9.98. The zero-order valence-corrected chi connectivity index (χ0v) is 57.6. The predicted octanol–water partition coefficient (Wildman–Crippen LogP) is 14.4. The maximum atomic E-state index is 6.83. The number of ether oxygens (including phenoxy) is 1. The number of nitrogens with zero attached hydrogens (tertiary/aromatic N) is 5. The molecular weight excluding hydrogens is 1380 g/mol. The van der Waals surface area contributed by atoms with Gasteiger partial charge in [-0.05, 0) is 104 Å². The summed E-state index contributed by atoms with van der Waals surface area (Å²) in [6.07, 6.45) is 7.63. The molecule has 0 amide bonds. The summed E-state index contributed by atoms with van der Waals surface area (Å²) < 4.78 is 13.3. The molecule has 16 rings (SSSR count). The number of pyridine rings is 2. The smallest absolute Gasteiger partial charge is 0.269 e. The average Bonchev–Trinajstić information content (AvgIpc) is 0.771. The second kappa shape index (κ2) is 25.8. The Morgan fingerprint density at radius 2 is 0.823 bits per heavy atom. The zero-order valence-electron chi connectivity index (χ0n) is 53.3. The molecule has 0 saturated heterocycles. The minimum atomic E-state index is -2.97. The SMILES string of the molecule is CC(C)(C)c1ccnc(-n2c3[c-]c(Oc4[c-]c(-n5[c-][n+](-c6c(-c7cccc([Si](c8ccccc8)(c8ccccc8)c8ccccc8)c7)cccc6-c6cccc([Si](c7ccccc7)(c7ccccc7)c7ccccc7)c6)c6ccccc65)ncc4)ccc3c3ccccc32)c1.[Pt]. The van der Waals surface area contributed by atoms with E-state index in [4.69, 9.17) is 14.7 Å². The van der Waals surface area contributed by atoms with Crippen molar-refractivity contribution >= 4 is 90.5 Å². The van der Waals surface area contributed by atoms with Gasteiger partial charge in [0.15, 0.2) is 16.1 Å². The van der Waals surface area contributed by atoms with Crippen LogP contribution in [0, 0.1) is 18.5 Å². The molecule has 0 radical (unpaired) electrons. The molecule has 464 valence electrons. The van der Waals surface area contributed by atoms with Crippen LogP contribution in [-0.4, -0.2) is 35.2 Å². The van der Waals surface area contributed by atoms with Crippen molar-refractivity contribution in [3.8, 4) is 51.1 Å². The van der Waals surface area contributed by atoms with Crippen molar-refractivity contribution in [2.45, 2.75) is 26.2 Å².